The van der Waals surface area contributed by atoms with Crippen molar-refractivity contribution >= 4 is 11.8 Å². The summed E-state index contributed by atoms with van der Waals surface area (Å²) in [5.41, 5.74) is 4.51. The Kier molecular flexibility index (Phi) is 3.04. The van der Waals surface area contributed by atoms with Crippen LogP contribution in [0.5, 0.6) is 0 Å². The van der Waals surface area contributed by atoms with Gasteiger partial charge in [-0.05, 0) is 20.8 Å². The molecule has 0 fully saturated rings. The predicted molar refractivity (Wildman–Crippen MR) is 41.7 cm³/mol. The Bertz CT molecular complexity index is 170. The van der Waals surface area contributed by atoms with Gasteiger partial charge in [-0.15, -0.1) is 0 Å². The number of amides is 2. The maximum absolute atomic E-state index is 10.9. The zero-order chi connectivity index (χ0) is 9.07. The molecule has 0 spiro atoms. The van der Waals surface area contributed by atoms with Crippen LogP contribution in [-0.4, -0.2) is 17.4 Å². The lowest BCUT2D eigenvalue weighted by Crippen LogP contribution is -2.42. The third-order valence-corrected chi connectivity index (χ3v) is 0.849. The van der Waals surface area contributed by atoms with Gasteiger partial charge in [0, 0.05) is 5.54 Å². The van der Waals surface area contributed by atoms with Gasteiger partial charge < -0.3 is 11.1 Å². The number of nitrogens with two attached hydrogens (primary N) is 1. The summed E-state index contributed by atoms with van der Waals surface area (Å²) in [6, 6.07) is 0. The highest BCUT2D eigenvalue weighted by Gasteiger charge is 2.14. The number of rotatable bonds is 2. The van der Waals surface area contributed by atoms with Gasteiger partial charge in [0.05, 0.1) is 0 Å². The Morgan fingerprint density at radius 2 is 1.82 bits per heavy atom. The first kappa shape index (κ1) is 9.94. The molecule has 0 atom stereocenters. The number of hydrogen-bond donors (Lipinski definition) is 2. The van der Waals surface area contributed by atoms with Crippen LogP contribution in [0.3, 0.4) is 0 Å². The number of nitrogens with one attached hydrogen (secondary N) is 1. The predicted octanol–water partition coefficient (Wildman–Crippen LogP) is -0.223. The van der Waals surface area contributed by atoms with Crippen LogP contribution in [0.4, 0.5) is 0 Å². The van der Waals surface area contributed by atoms with Crippen molar-refractivity contribution in [3.8, 4) is 0 Å². The molecule has 0 aliphatic rings. The van der Waals surface area contributed by atoms with Crippen LogP contribution < -0.4 is 11.1 Å². The molecule has 0 aromatic heterocycles. The molecule has 0 heterocycles. The van der Waals surface area contributed by atoms with E-state index >= 15 is 0 Å². The van der Waals surface area contributed by atoms with E-state index in [-0.39, 0.29) is 17.9 Å². The van der Waals surface area contributed by atoms with Gasteiger partial charge in [0.2, 0.25) is 11.8 Å². The Hall–Kier alpha value is -1.06. The first-order valence-corrected chi connectivity index (χ1v) is 3.40. The van der Waals surface area contributed by atoms with Crippen LogP contribution in [0.15, 0.2) is 0 Å². The average molecular weight is 158 g/mol. The van der Waals surface area contributed by atoms with E-state index in [4.69, 9.17) is 5.73 Å². The molecule has 4 heteroatoms. The number of carbonyl (C=O) groups excluding carboxylic acids is 2. The van der Waals surface area contributed by atoms with Crippen molar-refractivity contribution in [2.75, 3.05) is 0 Å². The third-order valence-electron chi connectivity index (χ3n) is 0.849. The van der Waals surface area contributed by atoms with Crippen molar-refractivity contribution in [2.24, 2.45) is 5.73 Å². The van der Waals surface area contributed by atoms with Crippen LogP contribution in [0.25, 0.3) is 0 Å². The van der Waals surface area contributed by atoms with Crippen molar-refractivity contribution in [1.29, 1.82) is 0 Å². The molecule has 0 rings (SSSR count). The van der Waals surface area contributed by atoms with Crippen molar-refractivity contribution in [1.82, 2.24) is 5.32 Å². The zero-order valence-electron chi connectivity index (χ0n) is 7.10. The molecule has 3 N–H and O–H groups in total. The summed E-state index contributed by atoms with van der Waals surface area (Å²) in [7, 11) is 0. The fourth-order valence-electron chi connectivity index (χ4n) is 0.621. The maximum atomic E-state index is 10.9. The van der Waals surface area contributed by atoms with Crippen LogP contribution in [0, 0.1) is 0 Å². The normalized spacial score (nSPS) is 10.8. The molecule has 0 unspecified atom stereocenters. The number of carbonyl (C=O) groups is 2. The topological polar surface area (TPSA) is 72.2 Å². The van der Waals surface area contributed by atoms with Crippen molar-refractivity contribution < 1.29 is 9.59 Å². The minimum absolute atomic E-state index is 0.239. The quantitative estimate of drug-likeness (QED) is 0.545. The SMILES string of the molecule is CC(C)(C)NC(=O)CC(N)=O. The average Bonchev–Trinajstić information content (AvgIpc) is 1.53. The Morgan fingerprint density at radius 1 is 1.36 bits per heavy atom. The van der Waals surface area contributed by atoms with E-state index < -0.39 is 5.91 Å². The summed E-state index contributed by atoms with van der Waals surface area (Å²) in [5.74, 6) is -0.934. The molecule has 0 aliphatic carbocycles. The highest BCUT2D eigenvalue weighted by Crippen LogP contribution is 1.98. The molecule has 2 amide bonds. The van der Waals surface area contributed by atoms with Gasteiger partial charge in [0.25, 0.3) is 0 Å². The highest BCUT2D eigenvalue weighted by molar-refractivity contribution is 5.96. The van der Waals surface area contributed by atoms with E-state index in [0.717, 1.165) is 0 Å². The Balaban J connectivity index is 3.80. The van der Waals surface area contributed by atoms with Crippen LogP contribution >= 0.6 is 0 Å². The second-order valence-electron chi connectivity index (χ2n) is 3.44. The molecular weight excluding hydrogens is 144 g/mol. The maximum Gasteiger partial charge on any atom is 0.229 e. The van der Waals surface area contributed by atoms with Gasteiger partial charge in [-0.2, -0.15) is 0 Å². The molecule has 64 valence electrons. The number of hydrogen-bond acceptors (Lipinski definition) is 2. The monoisotopic (exact) mass is 158 g/mol. The van der Waals surface area contributed by atoms with E-state index in [1.54, 1.807) is 0 Å². The standard InChI is InChI=1S/C7H14N2O2/c1-7(2,3)9-6(11)4-5(8)10/h4H2,1-3H3,(H2,8,10)(H,9,11). The first-order chi connectivity index (χ1) is 4.81. The number of primary amides is 1. The molecule has 0 aromatic rings. The van der Waals surface area contributed by atoms with Crippen molar-refractivity contribution in [3.63, 3.8) is 0 Å². The Labute approximate surface area is 66.1 Å². The Morgan fingerprint density at radius 3 is 2.09 bits per heavy atom. The van der Waals surface area contributed by atoms with E-state index in [9.17, 15) is 9.59 Å². The molecule has 11 heavy (non-hydrogen) atoms. The van der Waals surface area contributed by atoms with E-state index in [0.29, 0.717) is 0 Å². The first-order valence-electron chi connectivity index (χ1n) is 3.40. The van der Waals surface area contributed by atoms with Gasteiger partial charge in [0.15, 0.2) is 0 Å². The summed E-state index contributed by atoms with van der Waals surface area (Å²) in [6.07, 6.45) is -0.239. The van der Waals surface area contributed by atoms with Gasteiger partial charge in [0.1, 0.15) is 6.42 Å². The fourth-order valence-corrected chi connectivity index (χ4v) is 0.621. The molecule has 0 bridgehead atoms. The van der Waals surface area contributed by atoms with Crippen LogP contribution in [-0.2, 0) is 9.59 Å². The summed E-state index contributed by atoms with van der Waals surface area (Å²) in [6.45, 7) is 5.52. The smallest absolute Gasteiger partial charge is 0.229 e. The van der Waals surface area contributed by atoms with Crippen LogP contribution in [0.2, 0.25) is 0 Å². The highest BCUT2D eigenvalue weighted by atomic mass is 16.2. The van der Waals surface area contributed by atoms with Gasteiger partial charge >= 0.3 is 0 Å². The van der Waals surface area contributed by atoms with E-state index in [1.165, 1.54) is 0 Å². The second-order valence-corrected chi connectivity index (χ2v) is 3.44. The molecule has 0 saturated carbocycles. The lowest BCUT2D eigenvalue weighted by molar-refractivity contribution is -0.128. The fraction of sp³-hybridized carbons (Fsp3) is 0.714. The third kappa shape index (κ3) is 6.83. The minimum Gasteiger partial charge on any atom is -0.369 e. The lowest BCUT2D eigenvalue weighted by atomic mass is 10.1. The minimum atomic E-state index is -0.605. The van der Waals surface area contributed by atoms with Crippen LogP contribution in [0.1, 0.15) is 27.2 Å². The van der Waals surface area contributed by atoms with Gasteiger partial charge in [-0.3, -0.25) is 9.59 Å². The summed E-state index contributed by atoms with van der Waals surface area (Å²) >= 11 is 0. The van der Waals surface area contributed by atoms with E-state index in [1.807, 2.05) is 20.8 Å². The second kappa shape index (κ2) is 3.37. The molecular formula is C7H14N2O2. The lowest BCUT2D eigenvalue weighted by Gasteiger charge is -2.19. The molecule has 4 nitrogen and oxygen atoms in total. The summed E-state index contributed by atoms with van der Waals surface area (Å²) in [5, 5.41) is 2.61. The molecule has 0 saturated heterocycles. The van der Waals surface area contributed by atoms with E-state index in [2.05, 4.69) is 5.32 Å². The molecule has 0 aliphatic heterocycles. The largest absolute Gasteiger partial charge is 0.369 e. The zero-order valence-corrected chi connectivity index (χ0v) is 7.10. The van der Waals surface area contributed by atoms with Gasteiger partial charge in [-0.25, -0.2) is 0 Å². The van der Waals surface area contributed by atoms with Crippen molar-refractivity contribution in [2.45, 2.75) is 32.7 Å². The molecule has 0 radical (unpaired) electrons. The van der Waals surface area contributed by atoms with Gasteiger partial charge in [-0.1, -0.05) is 0 Å². The summed E-state index contributed by atoms with van der Waals surface area (Å²) < 4.78 is 0. The summed E-state index contributed by atoms with van der Waals surface area (Å²) in [4.78, 5) is 21.1. The van der Waals surface area contributed by atoms with Crippen molar-refractivity contribution in [3.05, 3.63) is 0 Å². The molecule has 0 aromatic carbocycles.